The van der Waals surface area contributed by atoms with Gasteiger partial charge in [-0.2, -0.15) is 0 Å². The molecule has 0 aliphatic carbocycles. The molecule has 2 atom stereocenters. The van der Waals surface area contributed by atoms with Gasteiger partial charge in [0.05, 0.1) is 12.3 Å². The second-order valence-corrected chi connectivity index (χ2v) is 2.49. The number of aliphatic hydroxyl groups is 1. The number of nitrogens with two attached hydrogens (primary N) is 1. The van der Waals surface area contributed by atoms with E-state index in [1.807, 2.05) is 13.8 Å². The van der Waals surface area contributed by atoms with Crippen LogP contribution >= 0.6 is 0 Å². The van der Waals surface area contributed by atoms with Crippen LogP contribution < -0.4 is 11.1 Å². The molecule has 0 bridgehead atoms. The topological polar surface area (TPSA) is 58.3 Å². The lowest BCUT2D eigenvalue weighted by Gasteiger charge is -2.13. The van der Waals surface area contributed by atoms with E-state index in [2.05, 4.69) is 5.32 Å². The first kappa shape index (κ1) is 9.88. The van der Waals surface area contributed by atoms with Crippen molar-refractivity contribution in [1.29, 1.82) is 0 Å². The van der Waals surface area contributed by atoms with Gasteiger partial charge in [-0.25, -0.2) is 0 Å². The molecule has 0 rings (SSSR count). The van der Waals surface area contributed by atoms with Gasteiger partial charge >= 0.3 is 0 Å². The van der Waals surface area contributed by atoms with Gasteiger partial charge in [0.15, 0.2) is 0 Å². The molecule has 0 spiro atoms. The molecule has 0 aromatic rings. The van der Waals surface area contributed by atoms with Crippen LogP contribution in [0.2, 0.25) is 0 Å². The van der Waals surface area contributed by atoms with Crippen LogP contribution in [-0.4, -0.2) is 23.9 Å². The minimum Gasteiger partial charge on any atom is -0.392 e. The normalized spacial score (nSPS) is 16.8. The van der Waals surface area contributed by atoms with Crippen molar-refractivity contribution in [3.05, 3.63) is 0 Å². The summed E-state index contributed by atoms with van der Waals surface area (Å²) in [7, 11) is 0. The Kier molecular flexibility index (Phi) is 5.58. The van der Waals surface area contributed by atoms with E-state index in [9.17, 15) is 0 Å². The molecule has 0 radical (unpaired) electrons. The Hall–Kier alpha value is -0.120. The highest BCUT2D eigenvalue weighted by molar-refractivity contribution is 4.60. The maximum Gasteiger partial charge on any atom is 0.0662 e. The summed E-state index contributed by atoms with van der Waals surface area (Å²) in [6.07, 6.45) is 1.46. The molecular formula is C7H18N2O. The van der Waals surface area contributed by atoms with Gasteiger partial charge in [-0.1, -0.05) is 13.8 Å². The van der Waals surface area contributed by atoms with Crippen molar-refractivity contribution in [3.8, 4) is 0 Å². The first-order chi connectivity index (χ1) is 4.70. The summed E-state index contributed by atoms with van der Waals surface area (Å²) in [5.41, 5.74) is 5.55. The molecule has 0 aromatic carbocycles. The summed E-state index contributed by atoms with van der Waals surface area (Å²) in [5.74, 6) is 0. The zero-order valence-electron chi connectivity index (χ0n) is 6.80. The third-order valence-corrected chi connectivity index (χ3v) is 1.53. The Balaban J connectivity index is 3.17. The quantitative estimate of drug-likeness (QED) is 0.480. The van der Waals surface area contributed by atoms with Gasteiger partial charge in [0.2, 0.25) is 0 Å². The van der Waals surface area contributed by atoms with E-state index in [0.717, 1.165) is 12.8 Å². The van der Waals surface area contributed by atoms with Crippen LogP contribution in [0, 0.1) is 0 Å². The SMILES string of the molecule is CCC(O)CNC(N)CC. The predicted molar refractivity (Wildman–Crippen MR) is 42.6 cm³/mol. The summed E-state index contributed by atoms with van der Waals surface area (Å²) in [5, 5.41) is 12.1. The van der Waals surface area contributed by atoms with Crippen molar-refractivity contribution < 1.29 is 5.11 Å². The molecule has 62 valence electrons. The van der Waals surface area contributed by atoms with Crippen LogP contribution in [0.25, 0.3) is 0 Å². The van der Waals surface area contributed by atoms with E-state index in [-0.39, 0.29) is 12.3 Å². The lowest BCUT2D eigenvalue weighted by Crippen LogP contribution is -2.40. The molecular weight excluding hydrogens is 128 g/mol. The van der Waals surface area contributed by atoms with Crippen molar-refractivity contribution in [1.82, 2.24) is 5.32 Å². The zero-order valence-corrected chi connectivity index (χ0v) is 6.80. The molecule has 0 aliphatic heterocycles. The molecule has 0 saturated heterocycles. The second kappa shape index (κ2) is 5.65. The average molecular weight is 146 g/mol. The first-order valence-electron chi connectivity index (χ1n) is 3.87. The number of aliphatic hydroxyl groups excluding tert-OH is 1. The van der Waals surface area contributed by atoms with Gasteiger partial charge in [-0.15, -0.1) is 0 Å². The van der Waals surface area contributed by atoms with Gasteiger partial charge in [0.25, 0.3) is 0 Å². The Bertz CT molecular complexity index is 68.0. The van der Waals surface area contributed by atoms with Crippen molar-refractivity contribution in [3.63, 3.8) is 0 Å². The predicted octanol–water partition coefficient (Wildman–Crippen LogP) is 0.0417. The summed E-state index contributed by atoms with van der Waals surface area (Å²) < 4.78 is 0. The molecule has 3 nitrogen and oxygen atoms in total. The van der Waals surface area contributed by atoms with Crippen LogP contribution in [0.3, 0.4) is 0 Å². The number of hydrogen-bond acceptors (Lipinski definition) is 3. The molecule has 0 saturated carbocycles. The van der Waals surface area contributed by atoms with E-state index >= 15 is 0 Å². The molecule has 0 heterocycles. The summed E-state index contributed by atoms with van der Waals surface area (Å²) in [6.45, 7) is 4.56. The van der Waals surface area contributed by atoms with Gasteiger partial charge in [0.1, 0.15) is 0 Å². The monoisotopic (exact) mass is 146 g/mol. The van der Waals surface area contributed by atoms with Crippen LogP contribution in [-0.2, 0) is 0 Å². The fraction of sp³-hybridized carbons (Fsp3) is 1.00. The zero-order chi connectivity index (χ0) is 7.98. The van der Waals surface area contributed by atoms with Crippen molar-refractivity contribution in [2.45, 2.75) is 39.0 Å². The van der Waals surface area contributed by atoms with E-state index < -0.39 is 0 Å². The third kappa shape index (κ3) is 4.73. The van der Waals surface area contributed by atoms with Crippen molar-refractivity contribution in [2.75, 3.05) is 6.54 Å². The fourth-order valence-corrected chi connectivity index (χ4v) is 0.576. The standard InChI is InChI=1S/C7H18N2O/c1-3-6(10)5-9-7(8)4-2/h6-7,9-10H,3-5,8H2,1-2H3. The molecule has 0 amide bonds. The minimum atomic E-state index is -0.252. The minimum absolute atomic E-state index is 0.0289. The molecule has 2 unspecified atom stereocenters. The maximum absolute atomic E-state index is 9.08. The smallest absolute Gasteiger partial charge is 0.0662 e. The Labute approximate surface area is 62.6 Å². The van der Waals surface area contributed by atoms with Crippen molar-refractivity contribution in [2.24, 2.45) is 5.73 Å². The molecule has 0 fully saturated rings. The average Bonchev–Trinajstić information content (AvgIpc) is 1.99. The Morgan fingerprint density at radius 1 is 1.40 bits per heavy atom. The lowest BCUT2D eigenvalue weighted by molar-refractivity contribution is 0.162. The molecule has 0 aliphatic rings. The second-order valence-electron chi connectivity index (χ2n) is 2.49. The third-order valence-electron chi connectivity index (χ3n) is 1.53. The number of nitrogens with one attached hydrogen (secondary N) is 1. The van der Waals surface area contributed by atoms with Gasteiger partial charge in [-0.3, -0.25) is 5.32 Å². The number of rotatable bonds is 5. The molecule has 0 aromatic heterocycles. The molecule has 10 heavy (non-hydrogen) atoms. The highest BCUT2D eigenvalue weighted by Crippen LogP contribution is 1.87. The van der Waals surface area contributed by atoms with Crippen molar-refractivity contribution >= 4 is 0 Å². The fourth-order valence-electron chi connectivity index (χ4n) is 0.576. The largest absolute Gasteiger partial charge is 0.392 e. The number of hydrogen-bond donors (Lipinski definition) is 3. The highest BCUT2D eigenvalue weighted by atomic mass is 16.3. The van der Waals surface area contributed by atoms with E-state index in [4.69, 9.17) is 10.8 Å². The van der Waals surface area contributed by atoms with Crippen LogP contribution in [0.4, 0.5) is 0 Å². The highest BCUT2D eigenvalue weighted by Gasteiger charge is 2.01. The van der Waals surface area contributed by atoms with Crippen LogP contribution in [0.5, 0.6) is 0 Å². The van der Waals surface area contributed by atoms with Crippen LogP contribution in [0.1, 0.15) is 26.7 Å². The maximum atomic E-state index is 9.08. The molecule has 3 heteroatoms. The van der Waals surface area contributed by atoms with E-state index in [1.165, 1.54) is 0 Å². The molecule has 4 N–H and O–H groups in total. The van der Waals surface area contributed by atoms with Gasteiger partial charge < -0.3 is 10.8 Å². The van der Waals surface area contributed by atoms with Gasteiger partial charge in [0, 0.05) is 6.54 Å². The Morgan fingerprint density at radius 2 is 2.00 bits per heavy atom. The van der Waals surface area contributed by atoms with E-state index in [1.54, 1.807) is 0 Å². The first-order valence-corrected chi connectivity index (χ1v) is 3.87. The summed E-state index contributed by atoms with van der Waals surface area (Å²) >= 11 is 0. The summed E-state index contributed by atoms with van der Waals surface area (Å²) in [4.78, 5) is 0. The Morgan fingerprint density at radius 3 is 2.40 bits per heavy atom. The van der Waals surface area contributed by atoms with E-state index in [0.29, 0.717) is 6.54 Å². The van der Waals surface area contributed by atoms with Gasteiger partial charge in [-0.05, 0) is 12.8 Å². The lowest BCUT2D eigenvalue weighted by atomic mass is 10.2. The summed E-state index contributed by atoms with van der Waals surface area (Å²) in [6, 6.07) is 0. The van der Waals surface area contributed by atoms with Crippen LogP contribution in [0.15, 0.2) is 0 Å².